The lowest BCUT2D eigenvalue weighted by Gasteiger charge is -2.09. The third-order valence-electron chi connectivity index (χ3n) is 3.09. The highest BCUT2D eigenvalue weighted by molar-refractivity contribution is 5.69. The molecule has 2 heterocycles. The molecule has 3 aromatic rings. The third kappa shape index (κ3) is 1.91. The van der Waals surface area contributed by atoms with E-state index in [-0.39, 0.29) is 0 Å². The van der Waals surface area contributed by atoms with Crippen LogP contribution in [0.15, 0.2) is 48.8 Å². The number of benzene rings is 1. The number of imidazole rings is 1. The molecule has 0 aliphatic heterocycles. The lowest BCUT2D eigenvalue weighted by Crippen LogP contribution is -1.94. The Morgan fingerprint density at radius 2 is 1.95 bits per heavy atom. The molecule has 96 valence electrons. The van der Waals surface area contributed by atoms with Crippen molar-refractivity contribution in [3.8, 4) is 22.9 Å². The highest BCUT2D eigenvalue weighted by Crippen LogP contribution is 2.32. The van der Waals surface area contributed by atoms with E-state index in [9.17, 15) is 0 Å². The molecule has 0 fully saturated rings. The van der Waals surface area contributed by atoms with Crippen LogP contribution in [0.25, 0.3) is 16.9 Å². The second-order valence-corrected chi connectivity index (χ2v) is 4.14. The zero-order valence-corrected chi connectivity index (χ0v) is 10.8. The Kier molecular flexibility index (Phi) is 2.83. The molecule has 0 aliphatic rings. The van der Waals surface area contributed by atoms with Gasteiger partial charge in [-0.3, -0.25) is 4.40 Å². The summed E-state index contributed by atoms with van der Waals surface area (Å²) in [6, 6.07) is 11.7. The van der Waals surface area contributed by atoms with E-state index in [0.29, 0.717) is 0 Å². The molecule has 0 N–H and O–H groups in total. The largest absolute Gasteiger partial charge is 0.497 e. The summed E-state index contributed by atoms with van der Waals surface area (Å²) in [6.07, 6.45) is 3.83. The van der Waals surface area contributed by atoms with Gasteiger partial charge >= 0.3 is 0 Å². The molecule has 0 saturated heterocycles. The van der Waals surface area contributed by atoms with Gasteiger partial charge in [0.05, 0.1) is 31.5 Å². The summed E-state index contributed by atoms with van der Waals surface area (Å²) in [6.45, 7) is 0. The van der Waals surface area contributed by atoms with Crippen molar-refractivity contribution in [2.24, 2.45) is 0 Å². The zero-order chi connectivity index (χ0) is 13.2. The van der Waals surface area contributed by atoms with E-state index in [1.807, 2.05) is 53.2 Å². The number of hydrogen-bond acceptors (Lipinski definition) is 3. The fourth-order valence-corrected chi connectivity index (χ4v) is 2.13. The molecular weight excluding hydrogens is 240 g/mol. The predicted molar refractivity (Wildman–Crippen MR) is 73.7 cm³/mol. The monoisotopic (exact) mass is 254 g/mol. The first-order chi connectivity index (χ1) is 9.33. The highest BCUT2D eigenvalue weighted by atomic mass is 16.5. The molecule has 4 heteroatoms. The van der Waals surface area contributed by atoms with Crippen LogP contribution in [0.3, 0.4) is 0 Å². The SMILES string of the molecule is COc1ccc(-c2ncc3ccccn23)c(OC)c1. The van der Waals surface area contributed by atoms with Crippen LogP contribution in [-0.2, 0) is 0 Å². The average molecular weight is 254 g/mol. The van der Waals surface area contributed by atoms with Crippen molar-refractivity contribution in [1.29, 1.82) is 0 Å². The van der Waals surface area contributed by atoms with E-state index >= 15 is 0 Å². The van der Waals surface area contributed by atoms with Gasteiger partial charge in [0.1, 0.15) is 17.3 Å². The standard InChI is InChI=1S/C15H14N2O2/c1-18-12-6-7-13(14(9-12)19-2)15-16-10-11-5-3-4-8-17(11)15/h3-10H,1-2H3. The Labute approximate surface area is 111 Å². The van der Waals surface area contributed by atoms with E-state index in [1.54, 1.807) is 14.2 Å². The minimum Gasteiger partial charge on any atom is -0.497 e. The maximum atomic E-state index is 5.43. The van der Waals surface area contributed by atoms with Gasteiger partial charge in [-0.1, -0.05) is 6.07 Å². The maximum absolute atomic E-state index is 5.43. The van der Waals surface area contributed by atoms with Gasteiger partial charge in [0.15, 0.2) is 0 Å². The van der Waals surface area contributed by atoms with E-state index in [0.717, 1.165) is 28.4 Å². The first-order valence-corrected chi connectivity index (χ1v) is 5.98. The van der Waals surface area contributed by atoms with Crippen molar-refractivity contribution < 1.29 is 9.47 Å². The van der Waals surface area contributed by atoms with Gasteiger partial charge in [-0.15, -0.1) is 0 Å². The first-order valence-electron chi connectivity index (χ1n) is 5.98. The van der Waals surface area contributed by atoms with Crippen LogP contribution in [0.2, 0.25) is 0 Å². The van der Waals surface area contributed by atoms with Gasteiger partial charge < -0.3 is 9.47 Å². The van der Waals surface area contributed by atoms with Crippen LogP contribution in [0.5, 0.6) is 11.5 Å². The van der Waals surface area contributed by atoms with Crippen LogP contribution >= 0.6 is 0 Å². The molecule has 19 heavy (non-hydrogen) atoms. The van der Waals surface area contributed by atoms with Gasteiger partial charge in [0.2, 0.25) is 0 Å². The Hall–Kier alpha value is -2.49. The predicted octanol–water partition coefficient (Wildman–Crippen LogP) is 3.02. The van der Waals surface area contributed by atoms with Crippen molar-refractivity contribution in [2.45, 2.75) is 0 Å². The normalized spacial score (nSPS) is 10.6. The van der Waals surface area contributed by atoms with Crippen LogP contribution in [0, 0.1) is 0 Å². The number of pyridine rings is 1. The van der Waals surface area contributed by atoms with Crippen LogP contribution in [-0.4, -0.2) is 23.6 Å². The molecule has 0 saturated carbocycles. The molecule has 0 spiro atoms. The van der Waals surface area contributed by atoms with E-state index in [1.165, 1.54) is 0 Å². The molecule has 3 rings (SSSR count). The molecule has 0 amide bonds. The lowest BCUT2D eigenvalue weighted by atomic mass is 10.2. The van der Waals surface area contributed by atoms with Crippen molar-refractivity contribution in [1.82, 2.24) is 9.38 Å². The number of hydrogen-bond donors (Lipinski definition) is 0. The van der Waals surface area contributed by atoms with Crippen molar-refractivity contribution >= 4 is 5.52 Å². The molecule has 0 radical (unpaired) electrons. The smallest absolute Gasteiger partial charge is 0.148 e. The minimum atomic E-state index is 0.746. The van der Waals surface area contributed by atoms with Gasteiger partial charge in [-0.25, -0.2) is 4.98 Å². The summed E-state index contributed by atoms with van der Waals surface area (Å²) in [7, 11) is 3.29. The lowest BCUT2D eigenvalue weighted by molar-refractivity contribution is 0.395. The quantitative estimate of drug-likeness (QED) is 0.720. The summed E-state index contributed by atoms with van der Waals surface area (Å²) in [5, 5.41) is 0. The maximum Gasteiger partial charge on any atom is 0.148 e. The highest BCUT2D eigenvalue weighted by Gasteiger charge is 2.12. The molecule has 0 unspecified atom stereocenters. The Morgan fingerprint density at radius 1 is 1.05 bits per heavy atom. The summed E-state index contributed by atoms with van der Waals surface area (Å²) in [5.74, 6) is 2.37. The topological polar surface area (TPSA) is 35.8 Å². The number of aromatic nitrogens is 2. The molecule has 2 aromatic heterocycles. The molecule has 4 nitrogen and oxygen atoms in total. The Balaban J connectivity index is 2.21. The average Bonchev–Trinajstić information content (AvgIpc) is 2.90. The van der Waals surface area contributed by atoms with E-state index < -0.39 is 0 Å². The van der Waals surface area contributed by atoms with E-state index in [4.69, 9.17) is 9.47 Å². The minimum absolute atomic E-state index is 0.746. The van der Waals surface area contributed by atoms with Crippen LogP contribution < -0.4 is 9.47 Å². The number of methoxy groups -OCH3 is 2. The Bertz CT molecular complexity index is 719. The number of nitrogens with zero attached hydrogens (tertiary/aromatic N) is 2. The van der Waals surface area contributed by atoms with Gasteiger partial charge in [-0.05, 0) is 24.3 Å². The summed E-state index contributed by atoms with van der Waals surface area (Å²) < 4.78 is 12.7. The summed E-state index contributed by atoms with van der Waals surface area (Å²) in [5.41, 5.74) is 1.99. The van der Waals surface area contributed by atoms with E-state index in [2.05, 4.69) is 4.98 Å². The second-order valence-electron chi connectivity index (χ2n) is 4.14. The Morgan fingerprint density at radius 3 is 2.74 bits per heavy atom. The van der Waals surface area contributed by atoms with Crippen LogP contribution in [0.4, 0.5) is 0 Å². The van der Waals surface area contributed by atoms with Gasteiger partial charge in [0.25, 0.3) is 0 Å². The van der Waals surface area contributed by atoms with Gasteiger partial charge in [-0.2, -0.15) is 0 Å². The first kappa shape index (κ1) is 11.6. The summed E-state index contributed by atoms with van der Waals surface area (Å²) >= 11 is 0. The second kappa shape index (κ2) is 4.65. The number of rotatable bonds is 3. The molecule has 0 atom stereocenters. The molecule has 0 bridgehead atoms. The number of fused-ring (bicyclic) bond motifs is 1. The van der Waals surface area contributed by atoms with Crippen LogP contribution in [0.1, 0.15) is 0 Å². The fourth-order valence-electron chi connectivity index (χ4n) is 2.13. The molecule has 0 aliphatic carbocycles. The molecule has 1 aromatic carbocycles. The number of ether oxygens (including phenoxy) is 2. The van der Waals surface area contributed by atoms with Crippen molar-refractivity contribution in [3.05, 3.63) is 48.8 Å². The third-order valence-corrected chi connectivity index (χ3v) is 3.09. The molecular formula is C15H14N2O2. The van der Waals surface area contributed by atoms with Crippen molar-refractivity contribution in [2.75, 3.05) is 14.2 Å². The fraction of sp³-hybridized carbons (Fsp3) is 0.133. The zero-order valence-electron chi connectivity index (χ0n) is 10.8. The summed E-state index contributed by atoms with van der Waals surface area (Å²) in [4.78, 5) is 4.47. The van der Waals surface area contributed by atoms with Gasteiger partial charge in [0, 0.05) is 12.3 Å². The van der Waals surface area contributed by atoms with Crippen molar-refractivity contribution in [3.63, 3.8) is 0 Å².